The standard InChI is InChI=1S/C20H25FN2O3S/c1-15(2)16-4-9-19(26-3)20(14-16)27(24,25)23-12-10-22(11-13-23)18-7-5-17(21)6-8-18/h4-9,14-15H,10-13H2,1-3H3. The molecule has 1 fully saturated rings. The largest absolute Gasteiger partial charge is 0.495 e. The van der Waals surface area contributed by atoms with Crippen LogP contribution in [0.15, 0.2) is 47.4 Å². The number of sulfonamides is 1. The number of methoxy groups -OCH3 is 1. The van der Waals surface area contributed by atoms with Gasteiger partial charge in [0.25, 0.3) is 0 Å². The lowest BCUT2D eigenvalue weighted by Gasteiger charge is -2.35. The zero-order valence-electron chi connectivity index (χ0n) is 15.9. The van der Waals surface area contributed by atoms with Crippen LogP contribution in [0.25, 0.3) is 0 Å². The average molecular weight is 392 g/mol. The van der Waals surface area contributed by atoms with Crippen LogP contribution in [0, 0.1) is 5.82 Å². The Balaban J connectivity index is 1.81. The highest BCUT2D eigenvalue weighted by Crippen LogP contribution is 2.31. The third kappa shape index (κ3) is 4.09. The van der Waals surface area contributed by atoms with Crippen molar-refractivity contribution in [2.45, 2.75) is 24.7 Å². The summed E-state index contributed by atoms with van der Waals surface area (Å²) in [6.45, 7) is 5.90. The molecule has 0 unspecified atom stereocenters. The maximum atomic E-state index is 13.2. The van der Waals surface area contributed by atoms with Crippen LogP contribution in [-0.2, 0) is 10.0 Å². The number of nitrogens with zero attached hydrogens (tertiary/aromatic N) is 2. The number of hydrogen-bond donors (Lipinski definition) is 0. The molecule has 0 N–H and O–H groups in total. The van der Waals surface area contributed by atoms with Gasteiger partial charge in [0.1, 0.15) is 16.5 Å². The van der Waals surface area contributed by atoms with Gasteiger partial charge in [0.15, 0.2) is 0 Å². The van der Waals surface area contributed by atoms with Crippen LogP contribution < -0.4 is 9.64 Å². The van der Waals surface area contributed by atoms with Crippen molar-refractivity contribution in [2.24, 2.45) is 0 Å². The summed E-state index contributed by atoms with van der Waals surface area (Å²) in [5.41, 5.74) is 1.85. The molecule has 7 heteroatoms. The molecular formula is C20H25FN2O3S. The first-order valence-electron chi connectivity index (χ1n) is 9.01. The highest BCUT2D eigenvalue weighted by Gasteiger charge is 2.31. The normalized spacial score (nSPS) is 16.0. The van der Waals surface area contributed by atoms with E-state index >= 15 is 0 Å². The third-order valence-corrected chi connectivity index (χ3v) is 6.82. The summed E-state index contributed by atoms with van der Waals surface area (Å²) >= 11 is 0. The van der Waals surface area contributed by atoms with Crippen LogP contribution in [0.2, 0.25) is 0 Å². The summed E-state index contributed by atoms with van der Waals surface area (Å²) < 4.78 is 46.3. The molecule has 0 saturated carbocycles. The number of rotatable bonds is 5. The Morgan fingerprint density at radius 1 is 1.00 bits per heavy atom. The van der Waals surface area contributed by atoms with Gasteiger partial charge in [0.05, 0.1) is 7.11 Å². The fourth-order valence-electron chi connectivity index (χ4n) is 3.23. The fourth-order valence-corrected chi connectivity index (χ4v) is 4.84. The molecule has 146 valence electrons. The molecule has 0 atom stereocenters. The molecule has 2 aromatic rings. The Kier molecular flexibility index (Phi) is 5.72. The van der Waals surface area contributed by atoms with Crippen molar-refractivity contribution in [3.05, 3.63) is 53.8 Å². The van der Waals surface area contributed by atoms with E-state index < -0.39 is 10.0 Å². The molecule has 2 aromatic carbocycles. The Labute approximate surface area is 160 Å². The van der Waals surface area contributed by atoms with E-state index in [1.807, 2.05) is 19.9 Å². The minimum Gasteiger partial charge on any atom is -0.495 e. The van der Waals surface area contributed by atoms with E-state index in [-0.39, 0.29) is 16.6 Å². The number of benzene rings is 2. The van der Waals surface area contributed by atoms with Crippen molar-refractivity contribution < 1.29 is 17.5 Å². The third-order valence-electron chi connectivity index (χ3n) is 4.90. The van der Waals surface area contributed by atoms with E-state index in [4.69, 9.17) is 4.74 Å². The quantitative estimate of drug-likeness (QED) is 0.782. The van der Waals surface area contributed by atoms with Crippen LogP contribution in [0.5, 0.6) is 5.75 Å². The molecule has 1 aliphatic heterocycles. The predicted octanol–water partition coefficient (Wildman–Crippen LogP) is 3.47. The van der Waals surface area contributed by atoms with Crippen molar-refractivity contribution in [1.82, 2.24) is 4.31 Å². The van der Waals surface area contributed by atoms with E-state index in [9.17, 15) is 12.8 Å². The van der Waals surface area contributed by atoms with Crippen LogP contribution in [0.3, 0.4) is 0 Å². The lowest BCUT2D eigenvalue weighted by atomic mass is 10.0. The Morgan fingerprint density at radius 3 is 2.19 bits per heavy atom. The fraction of sp³-hybridized carbons (Fsp3) is 0.400. The monoisotopic (exact) mass is 392 g/mol. The first kappa shape index (κ1) is 19.6. The highest BCUT2D eigenvalue weighted by atomic mass is 32.2. The van der Waals surface area contributed by atoms with Gasteiger partial charge < -0.3 is 9.64 Å². The average Bonchev–Trinajstić information content (AvgIpc) is 2.68. The van der Waals surface area contributed by atoms with Gasteiger partial charge in [-0.2, -0.15) is 4.31 Å². The summed E-state index contributed by atoms with van der Waals surface area (Å²) in [5, 5.41) is 0. The van der Waals surface area contributed by atoms with Crippen LogP contribution in [0.4, 0.5) is 10.1 Å². The van der Waals surface area contributed by atoms with Gasteiger partial charge in [-0.05, 0) is 47.9 Å². The molecule has 0 aromatic heterocycles. The summed E-state index contributed by atoms with van der Waals surface area (Å²) in [5.74, 6) is 0.303. The van der Waals surface area contributed by atoms with Gasteiger partial charge >= 0.3 is 0 Å². The molecule has 3 rings (SSSR count). The lowest BCUT2D eigenvalue weighted by Crippen LogP contribution is -2.48. The molecule has 1 saturated heterocycles. The van der Waals surface area contributed by atoms with Crippen molar-refractivity contribution in [2.75, 3.05) is 38.2 Å². The number of halogens is 1. The Bertz CT molecular complexity index is 890. The smallest absolute Gasteiger partial charge is 0.246 e. The van der Waals surface area contributed by atoms with E-state index in [1.54, 1.807) is 24.3 Å². The van der Waals surface area contributed by atoms with Crippen molar-refractivity contribution in [3.8, 4) is 5.75 Å². The molecule has 0 aliphatic carbocycles. The Hall–Kier alpha value is -2.12. The summed E-state index contributed by atoms with van der Waals surface area (Å²) in [6.07, 6.45) is 0. The summed E-state index contributed by atoms with van der Waals surface area (Å²) in [7, 11) is -2.17. The van der Waals surface area contributed by atoms with Gasteiger partial charge in [0.2, 0.25) is 10.0 Å². The van der Waals surface area contributed by atoms with E-state index in [2.05, 4.69) is 4.90 Å². The predicted molar refractivity (Wildman–Crippen MR) is 104 cm³/mol. The topological polar surface area (TPSA) is 49.9 Å². The second-order valence-corrected chi connectivity index (χ2v) is 8.84. The molecule has 0 spiro atoms. The summed E-state index contributed by atoms with van der Waals surface area (Å²) in [4.78, 5) is 2.28. The molecule has 1 heterocycles. The molecule has 27 heavy (non-hydrogen) atoms. The van der Waals surface area contributed by atoms with Crippen molar-refractivity contribution in [3.63, 3.8) is 0 Å². The molecule has 1 aliphatic rings. The number of ether oxygens (including phenoxy) is 1. The van der Waals surface area contributed by atoms with Crippen LogP contribution in [0.1, 0.15) is 25.3 Å². The molecular weight excluding hydrogens is 367 g/mol. The maximum Gasteiger partial charge on any atom is 0.246 e. The van der Waals surface area contributed by atoms with Gasteiger partial charge in [-0.3, -0.25) is 0 Å². The first-order valence-corrected chi connectivity index (χ1v) is 10.5. The van der Waals surface area contributed by atoms with Gasteiger partial charge in [-0.25, -0.2) is 12.8 Å². The zero-order valence-corrected chi connectivity index (χ0v) is 16.7. The first-order chi connectivity index (χ1) is 12.8. The second kappa shape index (κ2) is 7.86. The number of hydrogen-bond acceptors (Lipinski definition) is 4. The van der Waals surface area contributed by atoms with E-state index in [0.717, 1.165) is 11.3 Å². The number of anilines is 1. The molecule has 0 amide bonds. The lowest BCUT2D eigenvalue weighted by molar-refractivity contribution is 0.374. The van der Waals surface area contributed by atoms with Crippen molar-refractivity contribution in [1.29, 1.82) is 0 Å². The molecule has 0 bridgehead atoms. The SMILES string of the molecule is COc1ccc(C(C)C)cc1S(=O)(=O)N1CCN(c2ccc(F)cc2)CC1. The molecule has 5 nitrogen and oxygen atoms in total. The van der Waals surface area contributed by atoms with Crippen LogP contribution >= 0.6 is 0 Å². The zero-order chi connectivity index (χ0) is 19.6. The van der Waals surface area contributed by atoms with Gasteiger partial charge in [-0.15, -0.1) is 0 Å². The van der Waals surface area contributed by atoms with Gasteiger partial charge in [-0.1, -0.05) is 19.9 Å². The number of piperazine rings is 1. The summed E-state index contributed by atoms with van der Waals surface area (Å²) in [6, 6.07) is 11.6. The molecule has 0 radical (unpaired) electrons. The minimum atomic E-state index is -3.65. The van der Waals surface area contributed by atoms with Crippen molar-refractivity contribution >= 4 is 15.7 Å². The van der Waals surface area contributed by atoms with E-state index in [0.29, 0.717) is 31.9 Å². The minimum absolute atomic E-state index is 0.214. The maximum absolute atomic E-state index is 13.2. The van der Waals surface area contributed by atoms with E-state index in [1.165, 1.54) is 23.5 Å². The second-order valence-electron chi connectivity index (χ2n) is 6.93. The highest BCUT2D eigenvalue weighted by molar-refractivity contribution is 7.89. The Morgan fingerprint density at radius 2 is 1.63 bits per heavy atom. The van der Waals surface area contributed by atoms with Crippen LogP contribution in [-0.4, -0.2) is 46.0 Å². The van der Waals surface area contributed by atoms with Gasteiger partial charge in [0, 0.05) is 31.9 Å².